The van der Waals surface area contributed by atoms with Crippen molar-refractivity contribution in [3.05, 3.63) is 0 Å². The Bertz CT molecular complexity index is 273. The van der Waals surface area contributed by atoms with Gasteiger partial charge in [-0.3, -0.25) is 9.59 Å². The zero-order valence-electron chi connectivity index (χ0n) is 8.19. The first-order valence-electron chi connectivity index (χ1n) is 4.72. The van der Waals surface area contributed by atoms with E-state index < -0.39 is 5.97 Å². The molecule has 0 aromatic rings. The molecule has 1 aliphatic heterocycles. The van der Waals surface area contributed by atoms with E-state index in [9.17, 15) is 9.59 Å². The lowest BCUT2D eigenvalue weighted by molar-refractivity contribution is -0.135. The standard InChI is InChI=1S/C9H14N2O3/c1-2-3-4-11-8(12)5-7(10-11)6-9(13)14/h2-6H2,1H3,(H,13,14). The number of nitrogens with zero attached hydrogens (tertiary/aromatic N) is 2. The summed E-state index contributed by atoms with van der Waals surface area (Å²) in [5, 5.41) is 13.9. The summed E-state index contributed by atoms with van der Waals surface area (Å²) < 4.78 is 0. The second-order valence-corrected chi connectivity index (χ2v) is 3.28. The molecule has 5 heteroatoms. The molecule has 0 saturated heterocycles. The van der Waals surface area contributed by atoms with Crippen molar-refractivity contribution in [1.82, 2.24) is 5.01 Å². The number of hydrogen-bond acceptors (Lipinski definition) is 3. The summed E-state index contributed by atoms with van der Waals surface area (Å²) in [6, 6.07) is 0. The summed E-state index contributed by atoms with van der Waals surface area (Å²) in [5.74, 6) is -1.02. The molecule has 14 heavy (non-hydrogen) atoms. The average molecular weight is 198 g/mol. The van der Waals surface area contributed by atoms with E-state index in [1.165, 1.54) is 5.01 Å². The Morgan fingerprint density at radius 3 is 2.93 bits per heavy atom. The Morgan fingerprint density at radius 1 is 1.64 bits per heavy atom. The molecular formula is C9H14N2O3. The van der Waals surface area contributed by atoms with Gasteiger partial charge in [0.05, 0.1) is 18.6 Å². The number of carbonyl (C=O) groups is 2. The summed E-state index contributed by atoms with van der Waals surface area (Å²) in [4.78, 5) is 21.7. The van der Waals surface area contributed by atoms with Crippen molar-refractivity contribution in [3.63, 3.8) is 0 Å². The molecule has 0 atom stereocenters. The minimum absolute atomic E-state index is 0.0882. The second-order valence-electron chi connectivity index (χ2n) is 3.28. The van der Waals surface area contributed by atoms with Crippen LogP contribution in [0.5, 0.6) is 0 Å². The van der Waals surface area contributed by atoms with Crippen LogP contribution in [0.15, 0.2) is 5.10 Å². The molecule has 78 valence electrons. The van der Waals surface area contributed by atoms with Crippen LogP contribution in [0.1, 0.15) is 32.6 Å². The lowest BCUT2D eigenvalue weighted by Gasteiger charge is -2.09. The van der Waals surface area contributed by atoms with Crippen molar-refractivity contribution < 1.29 is 14.7 Å². The molecule has 5 nitrogen and oxygen atoms in total. The van der Waals surface area contributed by atoms with Crippen molar-refractivity contribution in [3.8, 4) is 0 Å². The van der Waals surface area contributed by atoms with Gasteiger partial charge in [0.25, 0.3) is 0 Å². The summed E-state index contributed by atoms with van der Waals surface area (Å²) in [7, 11) is 0. The molecule has 1 heterocycles. The van der Waals surface area contributed by atoms with E-state index in [-0.39, 0.29) is 18.7 Å². The van der Waals surface area contributed by atoms with Gasteiger partial charge in [-0.05, 0) is 6.42 Å². The van der Waals surface area contributed by atoms with E-state index in [1.807, 2.05) is 6.92 Å². The molecule has 0 aliphatic carbocycles. The fourth-order valence-corrected chi connectivity index (χ4v) is 1.28. The average Bonchev–Trinajstić information content (AvgIpc) is 2.41. The Hall–Kier alpha value is -1.39. The van der Waals surface area contributed by atoms with Gasteiger partial charge in [-0.15, -0.1) is 0 Å². The van der Waals surface area contributed by atoms with Crippen molar-refractivity contribution in [2.24, 2.45) is 5.10 Å². The highest BCUT2D eigenvalue weighted by Crippen LogP contribution is 2.11. The Labute approximate surface area is 82.4 Å². The van der Waals surface area contributed by atoms with Gasteiger partial charge in [-0.25, -0.2) is 5.01 Å². The van der Waals surface area contributed by atoms with E-state index in [0.717, 1.165) is 12.8 Å². The van der Waals surface area contributed by atoms with Crippen molar-refractivity contribution in [2.45, 2.75) is 32.6 Å². The topological polar surface area (TPSA) is 70.0 Å². The number of amides is 1. The Kier molecular flexibility index (Phi) is 3.62. The van der Waals surface area contributed by atoms with Crippen LogP contribution in [0.25, 0.3) is 0 Å². The van der Waals surface area contributed by atoms with E-state index >= 15 is 0 Å². The molecule has 1 rings (SSSR count). The van der Waals surface area contributed by atoms with E-state index in [4.69, 9.17) is 5.11 Å². The number of carboxylic acid groups (broad SMARTS) is 1. The monoisotopic (exact) mass is 198 g/mol. The molecule has 0 unspecified atom stereocenters. The maximum Gasteiger partial charge on any atom is 0.309 e. The molecular weight excluding hydrogens is 184 g/mol. The first kappa shape index (κ1) is 10.7. The van der Waals surface area contributed by atoms with Crippen molar-refractivity contribution in [2.75, 3.05) is 6.54 Å². The van der Waals surface area contributed by atoms with E-state index in [2.05, 4.69) is 5.10 Å². The normalized spacial score (nSPS) is 15.9. The molecule has 0 fully saturated rings. The van der Waals surface area contributed by atoms with Gasteiger partial charge in [0, 0.05) is 6.54 Å². The van der Waals surface area contributed by atoms with Crippen LogP contribution in [0.3, 0.4) is 0 Å². The summed E-state index contributed by atoms with van der Waals surface area (Å²) >= 11 is 0. The number of aliphatic carboxylic acids is 1. The maximum atomic E-state index is 11.3. The zero-order chi connectivity index (χ0) is 10.6. The van der Waals surface area contributed by atoms with Gasteiger partial charge < -0.3 is 5.11 Å². The molecule has 1 N–H and O–H groups in total. The smallest absolute Gasteiger partial charge is 0.309 e. The highest BCUT2D eigenvalue weighted by molar-refractivity contribution is 6.10. The van der Waals surface area contributed by atoms with Crippen LogP contribution in [-0.2, 0) is 9.59 Å². The van der Waals surface area contributed by atoms with Crippen LogP contribution in [0.4, 0.5) is 0 Å². The van der Waals surface area contributed by atoms with Gasteiger partial charge in [-0.2, -0.15) is 5.10 Å². The number of carbonyl (C=O) groups excluding carboxylic acids is 1. The summed E-state index contributed by atoms with van der Waals surface area (Å²) in [6.07, 6.45) is 1.92. The third-order valence-electron chi connectivity index (χ3n) is 1.98. The zero-order valence-corrected chi connectivity index (χ0v) is 8.19. The van der Waals surface area contributed by atoms with Gasteiger partial charge in [0.2, 0.25) is 5.91 Å². The molecule has 0 spiro atoms. The van der Waals surface area contributed by atoms with Crippen molar-refractivity contribution >= 4 is 17.6 Å². The molecule has 0 saturated carbocycles. The lowest BCUT2D eigenvalue weighted by Crippen LogP contribution is -2.21. The van der Waals surface area contributed by atoms with Gasteiger partial charge in [0.15, 0.2) is 0 Å². The largest absolute Gasteiger partial charge is 0.481 e. The Balaban J connectivity index is 2.48. The SMILES string of the molecule is CCCCN1N=C(CC(=O)O)CC1=O. The second kappa shape index (κ2) is 4.74. The van der Waals surface area contributed by atoms with E-state index in [1.54, 1.807) is 0 Å². The van der Waals surface area contributed by atoms with Crippen LogP contribution in [0.2, 0.25) is 0 Å². The third kappa shape index (κ3) is 2.83. The third-order valence-corrected chi connectivity index (χ3v) is 1.98. The predicted molar refractivity (Wildman–Crippen MR) is 50.9 cm³/mol. The maximum absolute atomic E-state index is 11.3. The van der Waals surface area contributed by atoms with Gasteiger partial charge in [0.1, 0.15) is 0 Å². The first-order valence-corrected chi connectivity index (χ1v) is 4.72. The summed E-state index contributed by atoms with van der Waals surface area (Å²) in [6.45, 7) is 2.63. The van der Waals surface area contributed by atoms with Crippen molar-refractivity contribution in [1.29, 1.82) is 0 Å². The van der Waals surface area contributed by atoms with E-state index in [0.29, 0.717) is 12.3 Å². The summed E-state index contributed by atoms with van der Waals surface area (Å²) in [5.41, 5.74) is 0.457. The number of rotatable bonds is 5. The minimum atomic E-state index is -0.936. The lowest BCUT2D eigenvalue weighted by atomic mass is 10.2. The number of unbranched alkanes of at least 4 members (excludes halogenated alkanes) is 1. The molecule has 1 amide bonds. The fraction of sp³-hybridized carbons (Fsp3) is 0.667. The van der Waals surface area contributed by atoms with Gasteiger partial charge >= 0.3 is 5.97 Å². The number of carboxylic acids is 1. The quantitative estimate of drug-likeness (QED) is 0.711. The predicted octanol–water partition coefficient (Wildman–Crippen LogP) is 0.850. The van der Waals surface area contributed by atoms with Crippen LogP contribution >= 0.6 is 0 Å². The molecule has 1 aliphatic rings. The Morgan fingerprint density at radius 2 is 2.36 bits per heavy atom. The molecule has 0 aromatic carbocycles. The molecule has 0 radical (unpaired) electrons. The first-order chi connectivity index (χ1) is 6.63. The molecule has 0 bridgehead atoms. The number of hydrogen-bond donors (Lipinski definition) is 1. The highest BCUT2D eigenvalue weighted by atomic mass is 16.4. The number of hydrazone groups is 1. The van der Waals surface area contributed by atoms with Crippen LogP contribution in [-0.4, -0.2) is 34.2 Å². The fourth-order valence-electron chi connectivity index (χ4n) is 1.28. The van der Waals surface area contributed by atoms with Gasteiger partial charge in [-0.1, -0.05) is 13.3 Å². The van der Waals surface area contributed by atoms with Crippen LogP contribution < -0.4 is 0 Å². The minimum Gasteiger partial charge on any atom is -0.481 e. The molecule has 0 aromatic heterocycles. The highest BCUT2D eigenvalue weighted by Gasteiger charge is 2.24. The van der Waals surface area contributed by atoms with Crippen LogP contribution in [0, 0.1) is 0 Å².